The topological polar surface area (TPSA) is 84.5 Å². The number of amides is 2. The van der Waals surface area contributed by atoms with Crippen LogP contribution in [0.3, 0.4) is 0 Å². The molecule has 1 atom stereocenters. The van der Waals surface area contributed by atoms with Gasteiger partial charge in [0, 0.05) is 31.4 Å². The summed E-state index contributed by atoms with van der Waals surface area (Å²) >= 11 is 0. The van der Waals surface area contributed by atoms with Crippen molar-refractivity contribution in [3.8, 4) is 0 Å². The zero-order chi connectivity index (χ0) is 18.4. The minimum atomic E-state index is -0.370. The molecule has 0 aromatic carbocycles. The molecule has 0 bridgehead atoms. The third-order valence-corrected chi connectivity index (χ3v) is 5.52. The molecule has 1 aromatic heterocycles. The fraction of sp³-hybridized carbons (Fsp3) is 0.737. The lowest BCUT2D eigenvalue weighted by molar-refractivity contribution is -0.133. The van der Waals surface area contributed by atoms with Crippen LogP contribution in [0, 0.1) is 0 Å². The number of likely N-dealkylation sites (tertiary alicyclic amines) is 2. The average Bonchev–Trinajstić information content (AvgIpc) is 3.04. The van der Waals surface area contributed by atoms with Gasteiger partial charge in [0.05, 0.1) is 6.54 Å². The summed E-state index contributed by atoms with van der Waals surface area (Å²) in [5, 5.41) is 0. The fourth-order valence-corrected chi connectivity index (χ4v) is 4.16. The van der Waals surface area contributed by atoms with Crippen molar-refractivity contribution in [3.05, 3.63) is 18.2 Å². The summed E-state index contributed by atoms with van der Waals surface area (Å²) in [6, 6.07) is 0. The highest BCUT2D eigenvalue weighted by Gasteiger charge is 2.28. The van der Waals surface area contributed by atoms with E-state index in [2.05, 4.69) is 9.88 Å². The Morgan fingerprint density at radius 1 is 1.04 bits per heavy atom. The Morgan fingerprint density at radius 3 is 2.50 bits per heavy atom. The van der Waals surface area contributed by atoms with E-state index in [4.69, 9.17) is 5.73 Å². The van der Waals surface area contributed by atoms with Gasteiger partial charge in [-0.05, 0) is 38.8 Å². The maximum Gasteiger partial charge on any atom is 0.237 e. The molecule has 2 fully saturated rings. The molecule has 0 aliphatic carbocycles. The van der Waals surface area contributed by atoms with Crippen molar-refractivity contribution in [1.29, 1.82) is 0 Å². The predicted molar refractivity (Wildman–Crippen MR) is 99.5 cm³/mol. The molecule has 144 valence electrons. The molecule has 0 spiro atoms. The molecule has 2 aliphatic heterocycles. The first-order valence-corrected chi connectivity index (χ1v) is 9.93. The summed E-state index contributed by atoms with van der Waals surface area (Å²) in [6.45, 7) is 4.25. The number of imidazole rings is 1. The summed E-state index contributed by atoms with van der Waals surface area (Å²) in [6.07, 6.45) is 11.7. The van der Waals surface area contributed by atoms with Gasteiger partial charge in [-0.3, -0.25) is 14.5 Å². The molecule has 7 heteroatoms. The largest absolute Gasteiger partial charge is 0.368 e. The highest BCUT2D eigenvalue weighted by atomic mass is 16.2. The second-order valence-corrected chi connectivity index (χ2v) is 7.60. The lowest BCUT2D eigenvalue weighted by Gasteiger charge is -2.34. The summed E-state index contributed by atoms with van der Waals surface area (Å²) in [4.78, 5) is 32.8. The molecular weight excluding hydrogens is 330 g/mol. The van der Waals surface area contributed by atoms with Crippen molar-refractivity contribution in [1.82, 2.24) is 19.4 Å². The monoisotopic (exact) mass is 361 g/mol. The van der Waals surface area contributed by atoms with Crippen LogP contribution in [0.2, 0.25) is 0 Å². The number of hydrogen-bond donors (Lipinski definition) is 1. The Bertz CT molecular complexity index is 607. The number of carbonyl (C=O) groups is 2. The van der Waals surface area contributed by atoms with Crippen molar-refractivity contribution in [3.63, 3.8) is 0 Å². The van der Waals surface area contributed by atoms with E-state index in [1.165, 1.54) is 32.1 Å². The van der Waals surface area contributed by atoms with Crippen LogP contribution in [-0.2, 0) is 16.1 Å². The van der Waals surface area contributed by atoms with Crippen LogP contribution >= 0.6 is 0 Å². The lowest BCUT2D eigenvalue weighted by atomic mass is 9.97. The lowest BCUT2D eigenvalue weighted by Crippen LogP contribution is -2.45. The van der Waals surface area contributed by atoms with E-state index in [0.717, 1.165) is 38.3 Å². The van der Waals surface area contributed by atoms with Crippen molar-refractivity contribution in [2.45, 2.75) is 57.4 Å². The molecule has 26 heavy (non-hydrogen) atoms. The first-order valence-electron chi connectivity index (χ1n) is 9.93. The van der Waals surface area contributed by atoms with Crippen LogP contribution in [0.4, 0.5) is 0 Å². The minimum Gasteiger partial charge on any atom is -0.368 e. The summed E-state index contributed by atoms with van der Waals surface area (Å²) in [5.41, 5.74) is 5.33. The zero-order valence-corrected chi connectivity index (χ0v) is 15.6. The van der Waals surface area contributed by atoms with Crippen LogP contribution in [0.1, 0.15) is 56.7 Å². The average molecular weight is 361 g/mol. The number of rotatable bonds is 5. The van der Waals surface area contributed by atoms with Crippen molar-refractivity contribution in [2.24, 2.45) is 5.73 Å². The molecule has 0 radical (unpaired) electrons. The minimum absolute atomic E-state index is 0.146. The molecule has 2 amide bonds. The predicted octanol–water partition coefficient (Wildman–Crippen LogP) is 1.34. The summed E-state index contributed by atoms with van der Waals surface area (Å²) < 4.78 is 1.82. The van der Waals surface area contributed by atoms with Crippen LogP contribution in [0.5, 0.6) is 0 Å². The zero-order valence-electron chi connectivity index (χ0n) is 15.6. The molecule has 2 N–H and O–H groups in total. The first kappa shape index (κ1) is 18.9. The summed E-state index contributed by atoms with van der Waals surface area (Å²) in [7, 11) is 0. The molecule has 3 rings (SSSR count). The van der Waals surface area contributed by atoms with E-state index in [-0.39, 0.29) is 24.3 Å². The smallest absolute Gasteiger partial charge is 0.237 e. The van der Waals surface area contributed by atoms with Gasteiger partial charge in [-0.25, -0.2) is 4.98 Å². The molecule has 0 saturated carbocycles. The second-order valence-electron chi connectivity index (χ2n) is 7.60. The Labute approximate surface area is 155 Å². The molecule has 2 aliphatic rings. The Morgan fingerprint density at radius 2 is 1.77 bits per heavy atom. The molecule has 7 nitrogen and oxygen atoms in total. The van der Waals surface area contributed by atoms with Crippen LogP contribution in [0.15, 0.2) is 12.4 Å². The molecular formula is C19H31N5O2. The third kappa shape index (κ3) is 5.06. The number of aromatic nitrogens is 2. The molecule has 2 saturated heterocycles. The Kier molecular flexibility index (Phi) is 6.66. The maximum absolute atomic E-state index is 12.8. The van der Waals surface area contributed by atoms with Crippen molar-refractivity contribution < 1.29 is 9.59 Å². The van der Waals surface area contributed by atoms with Gasteiger partial charge in [0.15, 0.2) is 0 Å². The van der Waals surface area contributed by atoms with Gasteiger partial charge in [-0.15, -0.1) is 0 Å². The molecule has 1 unspecified atom stereocenters. The van der Waals surface area contributed by atoms with Gasteiger partial charge in [0.25, 0.3) is 0 Å². The first-order chi connectivity index (χ1) is 12.6. The van der Waals surface area contributed by atoms with Gasteiger partial charge in [0.2, 0.25) is 11.8 Å². The number of primary amides is 1. The van der Waals surface area contributed by atoms with Gasteiger partial charge in [-0.1, -0.05) is 19.3 Å². The van der Waals surface area contributed by atoms with Gasteiger partial charge < -0.3 is 15.2 Å². The number of piperidine rings is 1. The number of nitrogens with two attached hydrogens (primary N) is 1. The third-order valence-electron chi connectivity index (χ3n) is 5.52. The van der Waals surface area contributed by atoms with Gasteiger partial charge in [-0.2, -0.15) is 0 Å². The highest BCUT2D eigenvalue weighted by Crippen LogP contribution is 2.26. The maximum atomic E-state index is 12.8. The van der Waals surface area contributed by atoms with Gasteiger partial charge >= 0.3 is 0 Å². The quantitative estimate of drug-likeness (QED) is 0.858. The van der Waals surface area contributed by atoms with Crippen LogP contribution in [-0.4, -0.2) is 63.9 Å². The number of nitrogens with zero attached hydrogens (tertiary/aromatic N) is 4. The van der Waals surface area contributed by atoms with E-state index in [1.807, 2.05) is 9.47 Å². The standard InChI is InChI=1S/C19H31N5O2/c20-17(25)14-24-12-8-21-19(24)16-7-6-11-23(13-16)18(26)15-22-9-4-2-1-3-5-10-22/h8,12,16H,1-7,9-11,13-15H2,(H2,20,25). The van der Waals surface area contributed by atoms with E-state index in [1.54, 1.807) is 12.4 Å². The van der Waals surface area contributed by atoms with E-state index in [0.29, 0.717) is 13.1 Å². The van der Waals surface area contributed by atoms with Crippen molar-refractivity contribution >= 4 is 11.8 Å². The fourth-order valence-electron chi connectivity index (χ4n) is 4.16. The Hall–Kier alpha value is -1.89. The van der Waals surface area contributed by atoms with Crippen molar-refractivity contribution in [2.75, 3.05) is 32.7 Å². The van der Waals surface area contributed by atoms with Crippen LogP contribution < -0.4 is 5.73 Å². The SMILES string of the molecule is NC(=O)Cn1ccnc1C1CCCN(C(=O)CN2CCCCCCC2)C1. The van der Waals surface area contributed by atoms with E-state index < -0.39 is 0 Å². The number of carbonyl (C=O) groups excluding carboxylic acids is 2. The van der Waals surface area contributed by atoms with Crippen LogP contribution in [0.25, 0.3) is 0 Å². The van der Waals surface area contributed by atoms with Gasteiger partial charge in [0.1, 0.15) is 12.4 Å². The van der Waals surface area contributed by atoms with E-state index in [9.17, 15) is 9.59 Å². The Balaban J connectivity index is 1.58. The number of hydrogen-bond acceptors (Lipinski definition) is 4. The molecule has 3 heterocycles. The second kappa shape index (κ2) is 9.16. The highest BCUT2D eigenvalue weighted by molar-refractivity contribution is 5.78. The molecule has 1 aromatic rings. The van der Waals surface area contributed by atoms with E-state index >= 15 is 0 Å². The summed E-state index contributed by atoms with van der Waals surface area (Å²) in [5.74, 6) is 0.898. The normalized spacial score (nSPS) is 22.6.